The third-order valence-corrected chi connectivity index (χ3v) is 2.47. The van der Waals surface area contributed by atoms with Crippen molar-refractivity contribution in [3.8, 4) is 0 Å². The van der Waals surface area contributed by atoms with Crippen molar-refractivity contribution in [1.29, 1.82) is 0 Å². The highest BCUT2D eigenvalue weighted by Crippen LogP contribution is 2.15. The molecule has 13 heavy (non-hydrogen) atoms. The summed E-state index contributed by atoms with van der Waals surface area (Å²) in [5, 5.41) is 1.01. The van der Waals surface area contributed by atoms with Crippen LogP contribution in [0.5, 0.6) is 0 Å². The van der Waals surface area contributed by atoms with Gasteiger partial charge in [0.15, 0.2) is 6.29 Å². The maximum absolute atomic E-state index is 10.5. The van der Waals surface area contributed by atoms with Crippen molar-refractivity contribution in [3.63, 3.8) is 0 Å². The van der Waals surface area contributed by atoms with Gasteiger partial charge < -0.3 is 0 Å². The highest BCUT2D eigenvalue weighted by Gasteiger charge is 1.97. The molecule has 0 amide bonds. The van der Waals surface area contributed by atoms with Gasteiger partial charge in [-0.3, -0.25) is 9.78 Å². The highest BCUT2D eigenvalue weighted by atomic mass is 127. The van der Waals surface area contributed by atoms with Crippen LogP contribution in [0.1, 0.15) is 10.4 Å². The van der Waals surface area contributed by atoms with Gasteiger partial charge in [-0.25, -0.2) is 0 Å². The third-order valence-electron chi connectivity index (χ3n) is 1.80. The first kappa shape index (κ1) is 8.62. The highest BCUT2D eigenvalue weighted by molar-refractivity contribution is 14.1. The molecule has 2 rings (SSSR count). The van der Waals surface area contributed by atoms with E-state index in [1.54, 1.807) is 6.20 Å². The number of rotatable bonds is 1. The molecule has 2 nitrogen and oxygen atoms in total. The minimum atomic E-state index is 0.620. The number of benzene rings is 1. The Labute approximate surface area is 89.1 Å². The van der Waals surface area contributed by atoms with Gasteiger partial charge >= 0.3 is 0 Å². The summed E-state index contributed by atoms with van der Waals surface area (Å²) in [6, 6.07) is 7.80. The van der Waals surface area contributed by atoms with Crippen LogP contribution in [-0.2, 0) is 0 Å². The molecule has 0 bridgehead atoms. The predicted molar refractivity (Wildman–Crippen MR) is 59.8 cm³/mol. The molecule has 0 radical (unpaired) electrons. The number of aromatic nitrogens is 1. The Morgan fingerprint density at radius 2 is 2.15 bits per heavy atom. The van der Waals surface area contributed by atoms with Crippen LogP contribution in [0.3, 0.4) is 0 Å². The Morgan fingerprint density at radius 3 is 2.92 bits per heavy atom. The van der Waals surface area contributed by atoms with Crippen molar-refractivity contribution in [3.05, 3.63) is 39.6 Å². The Kier molecular flexibility index (Phi) is 2.26. The largest absolute Gasteiger partial charge is 0.298 e. The average molecular weight is 283 g/mol. The van der Waals surface area contributed by atoms with Crippen molar-refractivity contribution in [2.75, 3.05) is 0 Å². The minimum Gasteiger partial charge on any atom is -0.298 e. The summed E-state index contributed by atoms with van der Waals surface area (Å²) in [5.41, 5.74) is 1.54. The van der Waals surface area contributed by atoms with E-state index in [0.717, 1.165) is 20.8 Å². The Balaban J connectivity index is 2.74. The summed E-state index contributed by atoms with van der Waals surface area (Å²) in [4.78, 5) is 14.7. The number of carbonyl (C=O) groups excluding carboxylic acids is 1. The summed E-state index contributed by atoms with van der Waals surface area (Å²) in [6.07, 6.45) is 2.40. The lowest BCUT2D eigenvalue weighted by atomic mass is 10.2. The molecule has 0 saturated carbocycles. The van der Waals surface area contributed by atoms with Crippen LogP contribution in [-0.4, -0.2) is 11.3 Å². The summed E-state index contributed by atoms with van der Waals surface area (Å²) in [5.74, 6) is 0. The standard InChI is InChI=1S/C10H6INO/c11-9-1-2-10-8(4-9)3-7(6-13)5-12-10/h1-6H. The van der Waals surface area contributed by atoms with Crippen LogP contribution in [0.2, 0.25) is 0 Å². The number of hydrogen-bond acceptors (Lipinski definition) is 2. The topological polar surface area (TPSA) is 30.0 Å². The molecule has 0 atom stereocenters. The van der Waals surface area contributed by atoms with Gasteiger partial charge in [0.25, 0.3) is 0 Å². The molecule has 2 aromatic rings. The Morgan fingerprint density at radius 1 is 1.31 bits per heavy atom. The molecule has 0 aliphatic carbocycles. The maximum atomic E-state index is 10.5. The average Bonchev–Trinajstić information content (AvgIpc) is 2.16. The number of carbonyl (C=O) groups is 1. The van der Waals surface area contributed by atoms with Crippen molar-refractivity contribution >= 4 is 39.8 Å². The van der Waals surface area contributed by atoms with Crippen molar-refractivity contribution in [2.24, 2.45) is 0 Å². The molecule has 1 heterocycles. The molecule has 0 saturated heterocycles. The predicted octanol–water partition coefficient (Wildman–Crippen LogP) is 2.65. The first-order chi connectivity index (χ1) is 6.29. The van der Waals surface area contributed by atoms with E-state index in [1.807, 2.05) is 24.3 Å². The second-order valence-electron chi connectivity index (χ2n) is 2.72. The second kappa shape index (κ2) is 3.41. The van der Waals surface area contributed by atoms with E-state index in [-0.39, 0.29) is 0 Å². The summed E-state index contributed by atoms with van der Waals surface area (Å²) < 4.78 is 1.15. The van der Waals surface area contributed by atoms with Crippen LogP contribution >= 0.6 is 22.6 Å². The molecule has 0 aliphatic rings. The molecule has 0 fully saturated rings. The second-order valence-corrected chi connectivity index (χ2v) is 3.97. The number of fused-ring (bicyclic) bond motifs is 1. The SMILES string of the molecule is O=Cc1cnc2ccc(I)cc2c1. The van der Waals surface area contributed by atoms with Gasteiger partial charge in [0.2, 0.25) is 0 Å². The first-order valence-corrected chi connectivity index (χ1v) is 4.88. The Bertz CT molecular complexity index is 467. The fraction of sp³-hybridized carbons (Fsp3) is 0. The zero-order valence-electron chi connectivity index (χ0n) is 6.70. The number of aldehydes is 1. The Hall–Kier alpha value is -0.970. The van der Waals surface area contributed by atoms with Crippen LogP contribution in [0, 0.1) is 3.57 Å². The molecule has 0 unspecified atom stereocenters. The molecule has 3 heteroatoms. The quantitative estimate of drug-likeness (QED) is 0.595. The molecular formula is C10H6INO. The van der Waals surface area contributed by atoms with E-state index < -0.39 is 0 Å². The first-order valence-electron chi connectivity index (χ1n) is 3.80. The number of halogens is 1. The third kappa shape index (κ3) is 1.70. The number of hydrogen-bond donors (Lipinski definition) is 0. The lowest BCUT2D eigenvalue weighted by molar-refractivity contribution is 0.112. The van der Waals surface area contributed by atoms with Crippen molar-refractivity contribution in [2.45, 2.75) is 0 Å². The normalized spacial score (nSPS) is 10.2. The van der Waals surface area contributed by atoms with E-state index in [2.05, 4.69) is 27.6 Å². The number of nitrogens with zero attached hydrogens (tertiary/aromatic N) is 1. The van der Waals surface area contributed by atoms with Crippen LogP contribution in [0.4, 0.5) is 0 Å². The lowest BCUT2D eigenvalue weighted by Crippen LogP contribution is -1.84. The lowest BCUT2D eigenvalue weighted by Gasteiger charge is -1.97. The van der Waals surface area contributed by atoms with Gasteiger partial charge in [-0.2, -0.15) is 0 Å². The number of pyridine rings is 1. The molecule has 0 N–H and O–H groups in total. The van der Waals surface area contributed by atoms with Gasteiger partial charge in [-0.05, 0) is 46.9 Å². The van der Waals surface area contributed by atoms with Gasteiger partial charge in [0, 0.05) is 20.7 Å². The molecule has 1 aromatic heterocycles. The van der Waals surface area contributed by atoms with Gasteiger partial charge in [0.05, 0.1) is 5.52 Å². The summed E-state index contributed by atoms with van der Waals surface area (Å²) in [7, 11) is 0. The van der Waals surface area contributed by atoms with E-state index in [0.29, 0.717) is 5.56 Å². The van der Waals surface area contributed by atoms with E-state index in [9.17, 15) is 4.79 Å². The van der Waals surface area contributed by atoms with E-state index in [4.69, 9.17) is 0 Å². The van der Waals surface area contributed by atoms with Crippen LogP contribution in [0.25, 0.3) is 10.9 Å². The van der Waals surface area contributed by atoms with Crippen molar-refractivity contribution < 1.29 is 4.79 Å². The molecule has 64 valence electrons. The van der Waals surface area contributed by atoms with Crippen LogP contribution < -0.4 is 0 Å². The van der Waals surface area contributed by atoms with E-state index in [1.165, 1.54) is 0 Å². The van der Waals surface area contributed by atoms with E-state index >= 15 is 0 Å². The molecule has 1 aromatic carbocycles. The van der Waals surface area contributed by atoms with Gasteiger partial charge in [0.1, 0.15) is 0 Å². The molecule has 0 aliphatic heterocycles. The molecular weight excluding hydrogens is 277 g/mol. The van der Waals surface area contributed by atoms with Crippen LogP contribution in [0.15, 0.2) is 30.5 Å². The zero-order valence-corrected chi connectivity index (χ0v) is 8.86. The smallest absolute Gasteiger partial charge is 0.151 e. The monoisotopic (exact) mass is 283 g/mol. The maximum Gasteiger partial charge on any atom is 0.151 e. The molecule has 0 spiro atoms. The fourth-order valence-corrected chi connectivity index (χ4v) is 1.70. The summed E-state index contributed by atoms with van der Waals surface area (Å²) in [6.45, 7) is 0. The van der Waals surface area contributed by atoms with Gasteiger partial charge in [-0.15, -0.1) is 0 Å². The zero-order chi connectivity index (χ0) is 9.26. The summed E-state index contributed by atoms with van der Waals surface area (Å²) >= 11 is 2.24. The minimum absolute atomic E-state index is 0.620. The van der Waals surface area contributed by atoms with Crippen molar-refractivity contribution in [1.82, 2.24) is 4.98 Å². The van der Waals surface area contributed by atoms with Gasteiger partial charge in [-0.1, -0.05) is 0 Å². The fourth-order valence-electron chi connectivity index (χ4n) is 1.18.